The van der Waals surface area contributed by atoms with Gasteiger partial charge in [0.1, 0.15) is 11.8 Å². The number of ether oxygens (including phenoxy) is 1. The third kappa shape index (κ3) is 5.81. The van der Waals surface area contributed by atoms with Crippen LogP contribution in [0.3, 0.4) is 0 Å². The monoisotopic (exact) mass is 322 g/mol. The molecule has 6 heteroatoms. The lowest BCUT2D eigenvalue weighted by Gasteiger charge is -2.17. The van der Waals surface area contributed by atoms with Crippen molar-refractivity contribution >= 4 is 23.6 Å². The number of hydrogen-bond acceptors (Lipinski definition) is 4. The minimum atomic E-state index is -0.554. The van der Waals surface area contributed by atoms with E-state index < -0.39 is 6.04 Å². The molecule has 0 bridgehead atoms. The maximum Gasteiger partial charge on any atom is 0.251 e. The first-order chi connectivity index (χ1) is 10.6. The second kappa shape index (κ2) is 9.89. The highest BCUT2D eigenvalue weighted by molar-refractivity contribution is 7.98. The molecule has 22 heavy (non-hydrogen) atoms. The van der Waals surface area contributed by atoms with E-state index >= 15 is 0 Å². The van der Waals surface area contributed by atoms with Crippen LogP contribution in [0.2, 0.25) is 0 Å². The summed E-state index contributed by atoms with van der Waals surface area (Å²) >= 11 is 1.63. The quantitative estimate of drug-likeness (QED) is 0.681. The minimum absolute atomic E-state index is 0.198. The topological polar surface area (TPSA) is 67.4 Å². The van der Waals surface area contributed by atoms with Crippen molar-refractivity contribution < 1.29 is 14.3 Å². The summed E-state index contributed by atoms with van der Waals surface area (Å²) < 4.78 is 5.06. The van der Waals surface area contributed by atoms with Crippen LogP contribution in [-0.2, 0) is 4.79 Å². The standard InChI is InChI=1S/C16H22N2O3S/c1-4-10-17-16(20)14(9-11-22-3)18-15(19)12-5-7-13(21-2)8-6-12/h4-8,14H,1,9-11H2,2-3H3,(H,17,20)(H,18,19)/t14-/m0/s1. The molecule has 1 atom stereocenters. The van der Waals surface area contributed by atoms with Crippen LogP contribution in [0.15, 0.2) is 36.9 Å². The van der Waals surface area contributed by atoms with Crippen LogP contribution in [0.4, 0.5) is 0 Å². The zero-order valence-corrected chi connectivity index (χ0v) is 13.7. The Morgan fingerprint density at radius 1 is 1.36 bits per heavy atom. The fourth-order valence-corrected chi connectivity index (χ4v) is 2.26. The highest BCUT2D eigenvalue weighted by atomic mass is 32.2. The maximum absolute atomic E-state index is 12.2. The minimum Gasteiger partial charge on any atom is -0.497 e. The van der Waals surface area contributed by atoms with E-state index in [9.17, 15) is 9.59 Å². The second-order valence-corrected chi connectivity index (χ2v) is 5.56. The lowest BCUT2D eigenvalue weighted by atomic mass is 10.1. The Hall–Kier alpha value is -1.95. The van der Waals surface area contributed by atoms with Gasteiger partial charge in [-0.15, -0.1) is 6.58 Å². The molecule has 1 aromatic rings. The number of hydrogen-bond donors (Lipinski definition) is 2. The third-order valence-corrected chi connectivity index (χ3v) is 3.65. The smallest absolute Gasteiger partial charge is 0.251 e. The molecule has 0 aromatic heterocycles. The lowest BCUT2D eigenvalue weighted by molar-refractivity contribution is -0.122. The van der Waals surface area contributed by atoms with Crippen LogP contribution >= 0.6 is 11.8 Å². The van der Waals surface area contributed by atoms with Gasteiger partial charge in [0, 0.05) is 12.1 Å². The molecule has 0 aliphatic heterocycles. The van der Waals surface area contributed by atoms with Gasteiger partial charge in [-0.05, 0) is 42.7 Å². The molecule has 2 N–H and O–H groups in total. The molecule has 0 aliphatic rings. The van der Waals surface area contributed by atoms with Crippen LogP contribution < -0.4 is 15.4 Å². The molecule has 0 radical (unpaired) electrons. The molecule has 0 fully saturated rings. The zero-order valence-electron chi connectivity index (χ0n) is 12.9. The maximum atomic E-state index is 12.2. The second-order valence-electron chi connectivity index (χ2n) is 4.57. The normalized spacial score (nSPS) is 11.4. The number of carbonyl (C=O) groups is 2. The van der Waals surface area contributed by atoms with Gasteiger partial charge >= 0.3 is 0 Å². The molecule has 0 unspecified atom stereocenters. The number of thioether (sulfide) groups is 1. The molecule has 0 heterocycles. The van der Waals surface area contributed by atoms with Gasteiger partial charge in [-0.3, -0.25) is 9.59 Å². The molecule has 0 aliphatic carbocycles. The van der Waals surface area contributed by atoms with Crippen molar-refractivity contribution in [3.63, 3.8) is 0 Å². The summed E-state index contributed by atoms with van der Waals surface area (Å²) in [6.07, 6.45) is 4.14. The Bertz CT molecular complexity index is 503. The van der Waals surface area contributed by atoms with E-state index in [4.69, 9.17) is 4.74 Å². The largest absolute Gasteiger partial charge is 0.497 e. The molecule has 120 valence electrons. The summed E-state index contributed by atoms with van der Waals surface area (Å²) in [5.74, 6) is 0.993. The first-order valence-electron chi connectivity index (χ1n) is 6.94. The third-order valence-electron chi connectivity index (χ3n) is 3.01. The van der Waals surface area contributed by atoms with Crippen molar-refractivity contribution in [3.05, 3.63) is 42.5 Å². The Kier molecular flexibility index (Phi) is 8.14. The van der Waals surface area contributed by atoms with E-state index in [1.165, 1.54) is 0 Å². The Morgan fingerprint density at radius 3 is 2.59 bits per heavy atom. The van der Waals surface area contributed by atoms with Gasteiger partial charge in [0.2, 0.25) is 5.91 Å². The van der Waals surface area contributed by atoms with Crippen LogP contribution in [0, 0.1) is 0 Å². The Labute approximate surface area is 135 Å². The lowest BCUT2D eigenvalue weighted by Crippen LogP contribution is -2.47. The molecule has 0 saturated carbocycles. The van der Waals surface area contributed by atoms with E-state index in [2.05, 4.69) is 17.2 Å². The number of amides is 2. The van der Waals surface area contributed by atoms with Crippen molar-refractivity contribution in [2.75, 3.05) is 25.7 Å². The molecule has 5 nitrogen and oxygen atoms in total. The van der Waals surface area contributed by atoms with Crippen LogP contribution in [-0.4, -0.2) is 43.5 Å². The molecule has 0 saturated heterocycles. The van der Waals surface area contributed by atoms with E-state index in [0.717, 1.165) is 5.75 Å². The summed E-state index contributed by atoms with van der Waals surface area (Å²) in [4.78, 5) is 24.3. The zero-order chi connectivity index (χ0) is 16.4. The number of methoxy groups -OCH3 is 1. The SMILES string of the molecule is C=CCNC(=O)[C@H](CCSC)NC(=O)c1ccc(OC)cc1. The first-order valence-corrected chi connectivity index (χ1v) is 8.34. The van der Waals surface area contributed by atoms with Gasteiger partial charge in [0.05, 0.1) is 7.11 Å². The van der Waals surface area contributed by atoms with Crippen LogP contribution in [0.5, 0.6) is 5.75 Å². The fraction of sp³-hybridized carbons (Fsp3) is 0.375. The first kappa shape index (κ1) is 18.1. The van der Waals surface area contributed by atoms with Crippen molar-refractivity contribution in [1.29, 1.82) is 0 Å². The molecule has 1 rings (SSSR count). The molecular weight excluding hydrogens is 300 g/mol. The van der Waals surface area contributed by atoms with Gasteiger partial charge in [-0.2, -0.15) is 11.8 Å². The van der Waals surface area contributed by atoms with Crippen LogP contribution in [0.25, 0.3) is 0 Å². The van der Waals surface area contributed by atoms with E-state index in [0.29, 0.717) is 24.3 Å². The number of benzene rings is 1. The highest BCUT2D eigenvalue weighted by Crippen LogP contribution is 2.11. The summed E-state index contributed by atoms with van der Waals surface area (Å²) in [5.41, 5.74) is 0.492. The van der Waals surface area contributed by atoms with Gasteiger partial charge < -0.3 is 15.4 Å². The van der Waals surface area contributed by atoms with Crippen LogP contribution in [0.1, 0.15) is 16.8 Å². The molecule has 0 spiro atoms. The molecule has 1 aromatic carbocycles. The summed E-state index contributed by atoms with van der Waals surface area (Å²) in [6.45, 7) is 3.94. The van der Waals surface area contributed by atoms with Gasteiger partial charge in [-0.25, -0.2) is 0 Å². The van der Waals surface area contributed by atoms with Gasteiger partial charge in [0.25, 0.3) is 5.91 Å². The van der Waals surface area contributed by atoms with E-state index in [1.807, 2.05) is 6.26 Å². The Balaban J connectivity index is 2.71. The highest BCUT2D eigenvalue weighted by Gasteiger charge is 2.20. The predicted octanol–water partition coefficient (Wildman–Crippen LogP) is 1.85. The summed E-state index contributed by atoms with van der Waals surface area (Å²) in [6, 6.07) is 6.21. The number of nitrogens with one attached hydrogen (secondary N) is 2. The van der Waals surface area contributed by atoms with E-state index in [-0.39, 0.29) is 11.8 Å². The predicted molar refractivity (Wildman–Crippen MR) is 90.5 cm³/mol. The average molecular weight is 322 g/mol. The van der Waals surface area contributed by atoms with Crippen molar-refractivity contribution in [2.24, 2.45) is 0 Å². The summed E-state index contributed by atoms with van der Waals surface area (Å²) in [5, 5.41) is 5.49. The van der Waals surface area contributed by atoms with Gasteiger partial charge in [-0.1, -0.05) is 6.08 Å². The molecular formula is C16H22N2O3S. The van der Waals surface area contributed by atoms with E-state index in [1.54, 1.807) is 49.2 Å². The fourth-order valence-electron chi connectivity index (χ4n) is 1.78. The van der Waals surface area contributed by atoms with Crippen molar-refractivity contribution in [3.8, 4) is 5.75 Å². The molecule has 2 amide bonds. The number of carbonyl (C=O) groups excluding carboxylic acids is 2. The van der Waals surface area contributed by atoms with Crippen molar-refractivity contribution in [1.82, 2.24) is 10.6 Å². The van der Waals surface area contributed by atoms with Gasteiger partial charge in [0.15, 0.2) is 0 Å². The Morgan fingerprint density at radius 2 is 2.05 bits per heavy atom. The van der Waals surface area contributed by atoms with Crippen molar-refractivity contribution in [2.45, 2.75) is 12.5 Å². The average Bonchev–Trinajstić information content (AvgIpc) is 2.56. The summed E-state index contributed by atoms with van der Waals surface area (Å²) in [7, 11) is 1.57. The number of rotatable bonds is 9.